The van der Waals surface area contributed by atoms with Gasteiger partial charge in [0.05, 0.1) is 11.4 Å². The van der Waals surface area contributed by atoms with E-state index in [0.717, 1.165) is 17.1 Å². The Bertz CT molecular complexity index is 3150. The van der Waals surface area contributed by atoms with Crippen molar-refractivity contribution in [3.05, 3.63) is 211 Å². The number of nitrogens with zero attached hydrogens (tertiary/aromatic N) is 1. The van der Waals surface area contributed by atoms with Crippen LogP contribution in [0.25, 0.3) is 76.5 Å². The molecule has 0 aromatic heterocycles. The van der Waals surface area contributed by atoms with Gasteiger partial charge in [0, 0.05) is 22.1 Å². The zero-order chi connectivity index (χ0) is 37.4. The molecule has 264 valence electrons. The van der Waals surface area contributed by atoms with E-state index in [2.05, 4.69) is 219 Å². The summed E-state index contributed by atoms with van der Waals surface area (Å²) in [5.74, 6) is 0. The highest BCUT2D eigenvalue weighted by atomic mass is 15.1. The second kappa shape index (κ2) is 12.5. The maximum atomic E-state index is 2.47. The van der Waals surface area contributed by atoms with Crippen molar-refractivity contribution in [3.8, 4) is 33.4 Å². The molecule has 1 heteroatoms. The van der Waals surface area contributed by atoms with E-state index in [1.807, 2.05) is 0 Å². The molecule has 10 aromatic carbocycles. The summed E-state index contributed by atoms with van der Waals surface area (Å²) < 4.78 is 0. The number of hydrogen-bond acceptors (Lipinski definition) is 1. The number of rotatable bonds is 5. The van der Waals surface area contributed by atoms with Crippen LogP contribution in [0, 0.1) is 0 Å². The molecule has 0 atom stereocenters. The average molecular weight is 714 g/mol. The van der Waals surface area contributed by atoms with Crippen LogP contribution >= 0.6 is 0 Å². The van der Waals surface area contributed by atoms with Gasteiger partial charge in [-0.1, -0.05) is 184 Å². The van der Waals surface area contributed by atoms with Crippen molar-refractivity contribution < 1.29 is 0 Å². The Morgan fingerprint density at radius 2 is 0.929 bits per heavy atom. The molecule has 0 amide bonds. The molecule has 0 N–H and O–H groups in total. The molecule has 0 saturated heterocycles. The summed E-state index contributed by atoms with van der Waals surface area (Å²) in [5.41, 5.74) is 13.7. The Hall–Kier alpha value is -6.96. The van der Waals surface area contributed by atoms with Gasteiger partial charge in [-0.05, 0) is 107 Å². The third-order valence-electron chi connectivity index (χ3n) is 12.2. The van der Waals surface area contributed by atoms with Crippen molar-refractivity contribution in [2.75, 3.05) is 4.90 Å². The van der Waals surface area contributed by atoms with Crippen LogP contribution < -0.4 is 4.90 Å². The molecule has 0 heterocycles. The molecule has 10 aromatic rings. The molecule has 0 bridgehead atoms. The van der Waals surface area contributed by atoms with Gasteiger partial charge < -0.3 is 4.90 Å². The van der Waals surface area contributed by atoms with Gasteiger partial charge in [-0.15, -0.1) is 0 Å². The Morgan fingerprint density at radius 3 is 1.75 bits per heavy atom. The van der Waals surface area contributed by atoms with Gasteiger partial charge in [0.2, 0.25) is 0 Å². The smallest absolute Gasteiger partial charge is 0.0546 e. The van der Waals surface area contributed by atoms with Crippen LogP contribution in [0.3, 0.4) is 0 Å². The zero-order valence-electron chi connectivity index (χ0n) is 31.5. The lowest BCUT2D eigenvalue weighted by atomic mass is 9.82. The van der Waals surface area contributed by atoms with E-state index in [4.69, 9.17) is 0 Å². The lowest BCUT2D eigenvalue weighted by molar-refractivity contribution is 0.660. The van der Waals surface area contributed by atoms with E-state index >= 15 is 0 Å². The number of fused-ring (bicyclic) bond motifs is 10. The second-order valence-corrected chi connectivity index (χ2v) is 15.7. The van der Waals surface area contributed by atoms with Crippen LogP contribution in [0.15, 0.2) is 200 Å². The SMILES string of the molecule is CC1(C)c2ccccc2-c2cc(-c3ccc(N(c4ccccc4-c4ccccc4)c4cc5ccc6ccc7ccccc7c6c5c5ccccc45)cc3)ccc21. The molecule has 0 aliphatic heterocycles. The van der Waals surface area contributed by atoms with Gasteiger partial charge in [-0.2, -0.15) is 0 Å². The molecule has 0 radical (unpaired) electrons. The van der Waals surface area contributed by atoms with Crippen LogP contribution in [0.5, 0.6) is 0 Å². The summed E-state index contributed by atoms with van der Waals surface area (Å²) in [7, 11) is 0. The Kier molecular flexibility index (Phi) is 7.28. The van der Waals surface area contributed by atoms with Crippen LogP contribution in [0.1, 0.15) is 25.0 Å². The van der Waals surface area contributed by atoms with E-state index < -0.39 is 0 Å². The highest BCUT2D eigenvalue weighted by molar-refractivity contribution is 6.29. The fourth-order valence-corrected chi connectivity index (χ4v) is 9.50. The number of hydrogen-bond donors (Lipinski definition) is 0. The molecule has 0 spiro atoms. The molecule has 11 rings (SSSR count). The van der Waals surface area contributed by atoms with E-state index in [0.29, 0.717) is 0 Å². The van der Waals surface area contributed by atoms with Crippen LogP contribution in [-0.2, 0) is 5.41 Å². The minimum Gasteiger partial charge on any atom is -0.309 e. The largest absolute Gasteiger partial charge is 0.309 e. The van der Waals surface area contributed by atoms with Crippen molar-refractivity contribution >= 4 is 60.2 Å². The Labute approximate surface area is 327 Å². The highest BCUT2D eigenvalue weighted by Crippen LogP contribution is 2.50. The molecule has 56 heavy (non-hydrogen) atoms. The van der Waals surface area contributed by atoms with Crippen molar-refractivity contribution in [3.63, 3.8) is 0 Å². The summed E-state index contributed by atoms with van der Waals surface area (Å²) in [6.45, 7) is 4.68. The fourth-order valence-electron chi connectivity index (χ4n) is 9.50. The summed E-state index contributed by atoms with van der Waals surface area (Å²) in [5, 5.41) is 10.1. The van der Waals surface area contributed by atoms with Crippen molar-refractivity contribution in [2.24, 2.45) is 0 Å². The number of benzene rings is 10. The van der Waals surface area contributed by atoms with Crippen LogP contribution in [0.4, 0.5) is 17.1 Å². The summed E-state index contributed by atoms with van der Waals surface area (Å²) in [6.07, 6.45) is 0. The van der Waals surface area contributed by atoms with Crippen molar-refractivity contribution in [1.29, 1.82) is 0 Å². The van der Waals surface area contributed by atoms with E-state index in [9.17, 15) is 0 Å². The first-order chi connectivity index (χ1) is 27.5. The Balaban J connectivity index is 1.13. The molecule has 1 nitrogen and oxygen atoms in total. The predicted octanol–water partition coefficient (Wildman–Crippen LogP) is 15.4. The first-order valence-electron chi connectivity index (χ1n) is 19.6. The third-order valence-corrected chi connectivity index (χ3v) is 12.2. The maximum absolute atomic E-state index is 2.47. The standard InChI is InChI=1S/C55H39N/c1-55(2)49-22-12-10-19-45(49)48-34-40(30-33-50(48)55)36-28-31-42(32-29-36)56(51-23-13-11-17-43(51)37-14-4-3-5-15-37)52-35-41-27-26-39-25-24-38-16-6-7-18-44(38)53(39)54(41)47-21-9-8-20-46(47)52/h3-35H,1-2H3. The molecule has 0 fully saturated rings. The zero-order valence-corrected chi connectivity index (χ0v) is 31.5. The first-order valence-corrected chi connectivity index (χ1v) is 19.6. The summed E-state index contributed by atoms with van der Waals surface area (Å²) >= 11 is 0. The van der Waals surface area contributed by atoms with Crippen LogP contribution in [-0.4, -0.2) is 0 Å². The Morgan fingerprint density at radius 1 is 0.339 bits per heavy atom. The fraction of sp³-hybridized carbons (Fsp3) is 0.0545. The second-order valence-electron chi connectivity index (χ2n) is 15.7. The highest BCUT2D eigenvalue weighted by Gasteiger charge is 2.35. The molecular formula is C55H39N. The van der Waals surface area contributed by atoms with Crippen LogP contribution in [0.2, 0.25) is 0 Å². The monoisotopic (exact) mass is 713 g/mol. The lowest BCUT2D eigenvalue weighted by Gasteiger charge is -2.30. The van der Waals surface area contributed by atoms with E-state index in [-0.39, 0.29) is 5.41 Å². The summed E-state index contributed by atoms with van der Waals surface area (Å²) in [4.78, 5) is 2.47. The minimum atomic E-state index is -0.0109. The van der Waals surface area contributed by atoms with Gasteiger partial charge in [0.15, 0.2) is 0 Å². The summed E-state index contributed by atoms with van der Waals surface area (Å²) in [6, 6.07) is 74.0. The number of para-hydroxylation sites is 1. The normalized spacial score (nSPS) is 13.0. The van der Waals surface area contributed by atoms with Crippen molar-refractivity contribution in [1.82, 2.24) is 0 Å². The van der Waals surface area contributed by atoms with Gasteiger partial charge in [-0.25, -0.2) is 0 Å². The molecule has 1 aliphatic carbocycles. The molecular weight excluding hydrogens is 675 g/mol. The molecule has 0 saturated carbocycles. The molecule has 0 unspecified atom stereocenters. The van der Waals surface area contributed by atoms with Crippen molar-refractivity contribution in [2.45, 2.75) is 19.3 Å². The van der Waals surface area contributed by atoms with E-state index in [1.165, 1.54) is 87.6 Å². The van der Waals surface area contributed by atoms with E-state index in [1.54, 1.807) is 0 Å². The lowest BCUT2D eigenvalue weighted by Crippen LogP contribution is -2.14. The van der Waals surface area contributed by atoms with Gasteiger partial charge in [0.25, 0.3) is 0 Å². The quantitative estimate of drug-likeness (QED) is 0.161. The third kappa shape index (κ3) is 4.94. The van der Waals surface area contributed by atoms with Gasteiger partial charge >= 0.3 is 0 Å². The first kappa shape index (κ1) is 32.5. The minimum absolute atomic E-state index is 0.0109. The maximum Gasteiger partial charge on any atom is 0.0546 e. The average Bonchev–Trinajstić information content (AvgIpc) is 3.49. The molecule has 1 aliphatic rings. The van der Waals surface area contributed by atoms with Gasteiger partial charge in [0.1, 0.15) is 0 Å². The van der Waals surface area contributed by atoms with Gasteiger partial charge in [-0.3, -0.25) is 0 Å². The predicted molar refractivity (Wildman–Crippen MR) is 240 cm³/mol. The number of anilines is 3. The topological polar surface area (TPSA) is 3.24 Å².